The molecule has 0 spiro atoms. The molecule has 3 aromatic rings. The van der Waals surface area contributed by atoms with Gasteiger partial charge in [0.25, 0.3) is 0 Å². The zero-order valence-electron chi connectivity index (χ0n) is 18.5. The Kier molecular flexibility index (Phi) is 5.59. The van der Waals surface area contributed by atoms with Crippen LogP contribution in [0.3, 0.4) is 0 Å². The Bertz CT molecular complexity index is 1130. The number of amides is 1. The van der Waals surface area contributed by atoms with Crippen molar-refractivity contribution >= 4 is 17.6 Å². The third-order valence-electron chi connectivity index (χ3n) is 6.97. The highest BCUT2D eigenvalue weighted by Gasteiger charge is 2.55. The van der Waals surface area contributed by atoms with Gasteiger partial charge >= 0.3 is 5.97 Å². The van der Waals surface area contributed by atoms with Gasteiger partial charge in [-0.3, -0.25) is 9.59 Å². The molecular weight excluding hydrogens is 410 g/mol. The maximum atomic E-state index is 13.3. The molecule has 0 radical (unpaired) electrons. The summed E-state index contributed by atoms with van der Waals surface area (Å²) in [5.41, 5.74) is 4.35. The number of carbonyl (C=O) groups is 2. The summed E-state index contributed by atoms with van der Waals surface area (Å²) in [5, 5.41) is 3.08. The first-order valence-electron chi connectivity index (χ1n) is 11.4. The molecule has 2 fully saturated rings. The van der Waals surface area contributed by atoms with Crippen molar-refractivity contribution in [2.24, 2.45) is 11.3 Å². The van der Waals surface area contributed by atoms with E-state index in [-0.39, 0.29) is 17.8 Å². The normalized spacial score (nSPS) is 21.7. The van der Waals surface area contributed by atoms with Crippen molar-refractivity contribution in [1.29, 1.82) is 0 Å². The van der Waals surface area contributed by atoms with E-state index in [1.54, 1.807) is 0 Å². The first-order chi connectivity index (χ1) is 16.0. The number of hydrogen-bond acceptors (Lipinski definition) is 3. The molecule has 1 saturated heterocycles. The summed E-state index contributed by atoms with van der Waals surface area (Å²) in [7, 11) is 0. The van der Waals surface area contributed by atoms with Crippen molar-refractivity contribution in [3.63, 3.8) is 0 Å². The lowest BCUT2D eigenvalue weighted by Gasteiger charge is -2.24. The summed E-state index contributed by atoms with van der Waals surface area (Å²) in [6, 6.07) is 27.4. The van der Waals surface area contributed by atoms with Crippen molar-refractivity contribution in [2.75, 3.05) is 11.9 Å². The van der Waals surface area contributed by atoms with Crippen LogP contribution in [0.1, 0.15) is 35.4 Å². The number of carbonyl (C=O) groups excluding carboxylic acids is 2. The lowest BCUT2D eigenvalue weighted by molar-refractivity contribution is -0.146. The number of cyclic esters (lactones) is 1. The van der Waals surface area contributed by atoms with Crippen LogP contribution in [-0.2, 0) is 20.7 Å². The Hall–Kier alpha value is -3.66. The van der Waals surface area contributed by atoms with Crippen LogP contribution in [0, 0.1) is 11.3 Å². The minimum atomic E-state index is -0.479. The van der Waals surface area contributed by atoms with Gasteiger partial charge in [-0.05, 0) is 48.1 Å². The predicted octanol–water partition coefficient (Wildman–Crippen LogP) is 5.51. The van der Waals surface area contributed by atoms with Crippen molar-refractivity contribution in [2.45, 2.75) is 25.2 Å². The molecule has 1 N–H and O–H groups in total. The topological polar surface area (TPSA) is 55.4 Å². The molecule has 4 nitrogen and oxygen atoms in total. The van der Waals surface area contributed by atoms with Crippen LogP contribution in [0.5, 0.6) is 0 Å². The molecule has 1 aliphatic carbocycles. The van der Waals surface area contributed by atoms with Gasteiger partial charge in [-0.2, -0.15) is 0 Å². The largest absolute Gasteiger partial charge is 0.465 e. The van der Waals surface area contributed by atoms with Gasteiger partial charge in [0.15, 0.2) is 0 Å². The van der Waals surface area contributed by atoms with Crippen LogP contribution >= 0.6 is 0 Å². The molecule has 0 aromatic heterocycles. The molecule has 1 amide bonds. The number of anilines is 1. The second-order valence-corrected chi connectivity index (χ2v) is 9.20. The lowest BCUT2D eigenvalue weighted by Crippen LogP contribution is -2.31. The third-order valence-corrected chi connectivity index (χ3v) is 6.97. The lowest BCUT2D eigenvalue weighted by atomic mass is 9.75. The fourth-order valence-corrected chi connectivity index (χ4v) is 5.33. The van der Waals surface area contributed by atoms with Gasteiger partial charge in [-0.25, -0.2) is 0 Å². The standard InChI is InChI=1S/C29H27NO3/c1-20-16-24-19-33-28(32)29(24,17-20)18-21-12-14-25(15-13-21)30-27(31)26(22-8-4-2-5-9-22)23-10-6-3-7-11-23/h2-15,24,26H,1,16-19H2,(H,30,31). The summed E-state index contributed by atoms with van der Waals surface area (Å²) < 4.78 is 5.39. The SMILES string of the molecule is C=C1CC2COC(=O)C2(Cc2ccc(NC(=O)C(c3ccccc3)c3ccccc3)cc2)C1. The number of benzene rings is 3. The number of rotatable bonds is 6. The first kappa shape index (κ1) is 21.2. The van der Waals surface area contributed by atoms with Crippen LogP contribution in [0.4, 0.5) is 5.69 Å². The molecule has 0 bridgehead atoms. The smallest absolute Gasteiger partial charge is 0.313 e. The van der Waals surface area contributed by atoms with E-state index < -0.39 is 11.3 Å². The van der Waals surface area contributed by atoms with Crippen molar-refractivity contribution < 1.29 is 14.3 Å². The van der Waals surface area contributed by atoms with Crippen LogP contribution in [-0.4, -0.2) is 18.5 Å². The molecule has 2 unspecified atom stereocenters. The van der Waals surface area contributed by atoms with Gasteiger partial charge in [-0.1, -0.05) is 84.9 Å². The van der Waals surface area contributed by atoms with Crippen molar-refractivity contribution in [3.8, 4) is 0 Å². The number of fused-ring (bicyclic) bond motifs is 1. The molecule has 2 atom stereocenters. The van der Waals surface area contributed by atoms with Gasteiger partial charge in [0.05, 0.1) is 17.9 Å². The number of esters is 1. The van der Waals surface area contributed by atoms with Crippen LogP contribution < -0.4 is 5.32 Å². The maximum absolute atomic E-state index is 13.3. The highest BCUT2D eigenvalue weighted by molar-refractivity contribution is 5.98. The average molecular weight is 438 g/mol. The molecule has 166 valence electrons. The number of hydrogen-bond donors (Lipinski definition) is 1. The average Bonchev–Trinajstić information content (AvgIpc) is 3.30. The zero-order chi connectivity index (χ0) is 22.8. The van der Waals surface area contributed by atoms with E-state index in [2.05, 4.69) is 11.9 Å². The van der Waals surface area contributed by atoms with Crippen molar-refractivity contribution in [3.05, 3.63) is 114 Å². The van der Waals surface area contributed by atoms with E-state index in [0.29, 0.717) is 19.4 Å². The summed E-state index contributed by atoms with van der Waals surface area (Å²) in [6.07, 6.45) is 2.20. The van der Waals surface area contributed by atoms with Gasteiger partial charge in [0.2, 0.25) is 5.91 Å². The van der Waals surface area contributed by atoms with Gasteiger partial charge < -0.3 is 10.1 Å². The second-order valence-electron chi connectivity index (χ2n) is 9.20. The van der Waals surface area contributed by atoms with Gasteiger partial charge in [0, 0.05) is 11.6 Å². The fraction of sp³-hybridized carbons (Fsp3) is 0.241. The van der Waals surface area contributed by atoms with Gasteiger partial charge in [0.1, 0.15) is 0 Å². The van der Waals surface area contributed by atoms with Crippen LogP contribution in [0.25, 0.3) is 0 Å². The van der Waals surface area contributed by atoms with E-state index in [1.807, 2.05) is 84.9 Å². The molecular formula is C29H27NO3. The summed E-state index contributed by atoms with van der Waals surface area (Å²) in [5.74, 6) is -0.360. The second kappa shape index (κ2) is 8.70. The highest BCUT2D eigenvalue weighted by Crippen LogP contribution is 2.52. The Morgan fingerprint density at radius 1 is 0.970 bits per heavy atom. The number of nitrogens with one attached hydrogen (secondary N) is 1. The third kappa shape index (κ3) is 4.09. The highest BCUT2D eigenvalue weighted by atomic mass is 16.5. The molecule has 1 aliphatic heterocycles. The summed E-state index contributed by atoms with van der Waals surface area (Å²) in [6.45, 7) is 4.61. The van der Waals surface area contributed by atoms with E-state index in [0.717, 1.165) is 34.4 Å². The Morgan fingerprint density at radius 2 is 1.58 bits per heavy atom. The first-order valence-corrected chi connectivity index (χ1v) is 11.4. The fourth-order valence-electron chi connectivity index (χ4n) is 5.33. The van der Waals surface area contributed by atoms with Crippen molar-refractivity contribution in [1.82, 2.24) is 0 Å². The Balaban J connectivity index is 1.34. The quantitative estimate of drug-likeness (QED) is 0.409. The Labute approximate surface area is 194 Å². The van der Waals surface area contributed by atoms with Crippen LogP contribution in [0.15, 0.2) is 97.1 Å². The minimum Gasteiger partial charge on any atom is -0.465 e. The predicted molar refractivity (Wildman–Crippen MR) is 129 cm³/mol. The zero-order valence-corrected chi connectivity index (χ0v) is 18.5. The summed E-state index contributed by atoms with van der Waals surface area (Å²) >= 11 is 0. The molecule has 5 rings (SSSR count). The monoisotopic (exact) mass is 437 g/mol. The molecule has 1 heterocycles. The van der Waals surface area contributed by atoms with E-state index >= 15 is 0 Å². The number of ether oxygens (including phenoxy) is 1. The maximum Gasteiger partial charge on any atom is 0.313 e. The molecule has 4 heteroatoms. The van der Waals surface area contributed by atoms with Crippen LogP contribution in [0.2, 0.25) is 0 Å². The molecule has 3 aromatic carbocycles. The molecule has 1 saturated carbocycles. The molecule has 33 heavy (non-hydrogen) atoms. The Morgan fingerprint density at radius 3 is 2.18 bits per heavy atom. The minimum absolute atomic E-state index is 0.0785. The molecule has 2 aliphatic rings. The summed E-state index contributed by atoms with van der Waals surface area (Å²) in [4.78, 5) is 25.9. The van der Waals surface area contributed by atoms with E-state index in [1.165, 1.54) is 0 Å². The van der Waals surface area contributed by atoms with E-state index in [9.17, 15) is 9.59 Å². The van der Waals surface area contributed by atoms with Gasteiger partial charge in [-0.15, -0.1) is 0 Å². The van der Waals surface area contributed by atoms with E-state index in [4.69, 9.17) is 4.74 Å². The number of allylic oxidation sites excluding steroid dienone is 1.